The van der Waals surface area contributed by atoms with Gasteiger partial charge in [0.1, 0.15) is 6.54 Å². The molecule has 22 heavy (non-hydrogen) atoms. The highest BCUT2D eigenvalue weighted by molar-refractivity contribution is 5.84. The van der Waals surface area contributed by atoms with Crippen LogP contribution in [0.1, 0.15) is 51.5 Å². The molecule has 1 aromatic rings. The van der Waals surface area contributed by atoms with Crippen LogP contribution in [0, 0.1) is 0 Å². The van der Waals surface area contributed by atoms with Crippen molar-refractivity contribution in [2.24, 2.45) is 4.99 Å². The van der Waals surface area contributed by atoms with Crippen LogP contribution < -0.4 is 16.0 Å². The molecule has 0 radical (unpaired) electrons. The number of nitrogens with one attached hydrogen (secondary N) is 3. The number of aliphatic imine (C=N–C) groups is 1. The summed E-state index contributed by atoms with van der Waals surface area (Å²) in [6, 6.07) is 1.93. The molecule has 0 atom stereocenters. The summed E-state index contributed by atoms with van der Waals surface area (Å²) in [5, 5.41) is 13.0. The van der Waals surface area contributed by atoms with Crippen LogP contribution >= 0.6 is 0 Å². The number of guanidine groups is 1. The van der Waals surface area contributed by atoms with Gasteiger partial charge in [0.15, 0.2) is 11.7 Å². The smallest absolute Gasteiger partial charge is 0.241 e. The van der Waals surface area contributed by atoms with E-state index >= 15 is 0 Å². The predicted octanol–water partition coefficient (Wildman–Crippen LogP) is 1.38. The molecular weight excluding hydrogens is 282 g/mol. The molecule has 7 nitrogen and oxygen atoms in total. The molecule has 1 rings (SSSR count). The second-order valence-corrected chi connectivity index (χ2v) is 5.27. The minimum atomic E-state index is -0.0826. The highest BCUT2D eigenvalue weighted by atomic mass is 16.5. The quantitative estimate of drug-likeness (QED) is 0.498. The lowest BCUT2D eigenvalue weighted by Gasteiger charge is -2.09. The van der Waals surface area contributed by atoms with Gasteiger partial charge in [-0.2, -0.15) is 0 Å². The van der Waals surface area contributed by atoms with Gasteiger partial charge in [-0.25, -0.2) is 4.99 Å². The zero-order valence-electron chi connectivity index (χ0n) is 13.9. The number of hydrogen-bond donors (Lipinski definition) is 3. The Morgan fingerprint density at radius 2 is 2.09 bits per heavy atom. The van der Waals surface area contributed by atoms with Crippen LogP contribution in [-0.2, 0) is 11.3 Å². The molecule has 3 N–H and O–H groups in total. The molecule has 0 aliphatic rings. The lowest BCUT2D eigenvalue weighted by atomic mass is 10.1. The summed E-state index contributed by atoms with van der Waals surface area (Å²) in [6.45, 7) is 10.1. The Morgan fingerprint density at radius 3 is 2.68 bits per heavy atom. The first-order valence-corrected chi connectivity index (χ1v) is 7.81. The fourth-order valence-electron chi connectivity index (χ4n) is 1.67. The van der Waals surface area contributed by atoms with Gasteiger partial charge in [-0.3, -0.25) is 4.79 Å². The van der Waals surface area contributed by atoms with Crippen LogP contribution in [0.15, 0.2) is 15.6 Å². The third-order valence-electron chi connectivity index (χ3n) is 2.90. The summed E-state index contributed by atoms with van der Waals surface area (Å²) < 4.78 is 5.26. The van der Waals surface area contributed by atoms with Crippen LogP contribution in [0.4, 0.5) is 0 Å². The maximum atomic E-state index is 11.6. The average molecular weight is 309 g/mol. The molecule has 0 aliphatic carbocycles. The molecular formula is C15H27N5O2. The molecule has 124 valence electrons. The van der Waals surface area contributed by atoms with Gasteiger partial charge in [0.25, 0.3) is 0 Å². The Balaban J connectivity index is 2.50. The van der Waals surface area contributed by atoms with Crippen LogP contribution in [0.25, 0.3) is 0 Å². The molecule has 1 aromatic heterocycles. The van der Waals surface area contributed by atoms with Crippen LogP contribution in [0.5, 0.6) is 0 Å². The second-order valence-electron chi connectivity index (χ2n) is 5.27. The van der Waals surface area contributed by atoms with Crippen molar-refractivity contribution >= 4 is 11.9 Å². The lowest BCUT2D eigenvalue weighted by molar-refractivity contribution is -0.119. The van der Waals surface area contributed by atoms with Crippen molar-refractivity contribution in [3.63, 3.8) is 0 Å². The first-order valence-electron chi connectivity index (χ1n) is 7.81. The number of carbonyl (C=O) groups is 1. The van der Waals surface area contributed by atoms with Gasteiger partial charge in [0.05, 0.1) is 12.2 Å². The molecule has 1 amide bonds. The van der Waals surface area contributed by atoms with Gasteiger partial charge in [-0.1, -0.05) is 25.9 Å². The zero-order chi connectivity index (χ0) is 16.4. The van der Waals surface area contributed by atoms with Crippen LogP contribution in [0.3, 0.4) is 0 Å². The third-order valence-corrected chi connectivity index (χ3v) is 2.90. The van der Waals surface area contributed by atoms with Crippen molar-refractivity contribution in [1.82, 2.24) is 21.1 Å². The van der Waals surface area contributed by atoms with Gasteiger partial charge >= 0.3 is 0 Å². The fourth-order valence-corrected chi connectivity index (χ4v) is 1.67. The minimum Gasteiger partial charge on any atom is -0.359 e. The van der Waals surface area contributed by atoms with Gasteiger partial charge in [-0.05, 0) is 19.3 Å². The zero-order valence-corrected chi connectivity index (χ0v) is 13.9. The number of rotatable bonds is 8. The fraction of sp³-hybridized carbons (Fsp3) is 0.667. The van der Waals surface area contributed by atoms with Crippen molar-refractivity contribution in [1.29, 1.82) is 0 Å². The molecule has 0 aromatic carbocycles. The van der Waals surface area contributed by atoms with Gasteiger partial charge in [0, 0.05) is 19.2 Å². The Morgan fingerprint density at radius 1 is 1.32 bits per heavy atom. The Kier molecular flexibility index (Phi) is 8.03. The molecule has 1 heterocycles. The normalized spacial score (nSPS) is 11.6. The van der Waals surface area contributed by atoms with Gasteiger partial charge < -0.3 is 20.5 Å². The molecule has 0 saturated heterocycles. The number of carbonyl (C=O) groups excluding carboxylic acids is 1. The van der Waals surface area contributed by atoms with E-state index in [0.29, 0.717) is 25.0 Å². The molecule has 0 spiro atoms. The monoisotopic (exact) mass is 309 g/mol. The maximum Gasteiger partial charge on any atom is 0.241 e. The van der Waals surface area contributed by atoms with E-state index in [4.69, 9.17) is 4.52 Å². The second kappa shape index (κ2) is 9.81. The Bertz CT molecular complexity index is 482. The number of aromatic nitrogens is 1. The van der Waals surface area contributed by atoms with E-state index in [-0.39, 0.29) is 12.5 Å². The largest absolute Gasteiger partial charge is 0.359 e. The lowest BCUT2D eigenvalue weighted by Crippen LogP contribution is -2.38. The highest BCUT2D eigenvalue weighted by Gasteiger charge is 2.08. The van der Waals surface area contributed by atoms with E-state index < -0.39 is 0 Å². The number of nitrogens with zero attached hydrogens (tertiary/aromatic N) is 2. The van der Waals surface area contributed by atoms with E-state index in [9.17, 15) is 4.79 Å². The number of amides is 1. The van der Waals surface area contributed by atoms with E-state index in [0.717, 1.165) is 24.4 Å². The van der Waals surface area contributed by atoms with E-state index in [2.05, 4.69) is 39.9 Å². The highest BCUT2D eigenvalue weighted by Crippen LogP contribution is 2.13. The Hall–Kier alpha value is -2.05. The summed E-state index contributed by atoms with van der Waals surface area (Å²) >= 11 is 0. The minimum absolute atomic E-state index is 0.0826. The van der Waals surface area contributed by atoms with Crippen molar-refractivity contribution < 1.29 is 9.32 Å². The first-order chi connectivity index (χ1) is 10.6. The topological polar surface area (TPSA) is 91.5 Å². The summed E-state index contributed by atoms with van der Waals surface area (Å²) in [4.78, 5) is 15.8. The standard InChI is InChI=1S/C15H27N5O2/c1-5-7-17-14(21)10-19-15(16-6-2)18-9-12-8-13(11(3)4)20-22-12/h8,11H,5-7,9-10H2,1-4H3,(H,17,21)(H2,16,18,19). The third kappa shape index (κ3) is 6.60. The van der Waals surface area contributed by atoms with E-state index in [1.807, 2.05) is 19.9 Å². The first kappa shape index (κ1) is 18.0. The molecule has 0 bridgehead atoms. The van der Waals surface area contributed by atoms with Crippen molar-refractivity contribution in [2.75, 3.05) is 19.6 Å². The van der Waals surface area contributed by atoms with E-state index in [1.165, 1.54) is 0 Å². The summed E-state index contributed by atoms with van der Waals surface area (Å²) in [7, 11) is 0. The summed E-state index contributed by atoms with van der Waals surface area (Å²) in [5.74, 6) is 1.57. The van der Waals surface area contributed by atoms with Crippen LogP contribution in [-0.4, -0.2) is 36.7 Å². The average Bonchev–Trinajstić information content (AvgIpc) is 2.97. The van der Waals surface area contributed by atoms with Crippen molar-refractivity contribution in [2.45, 2.75) is 46.6 Å². The molecule has 7 heteroatoms. The predicted molar refractivity (Wildman–Crippen MR) is 86.7 cm³/mol. The molecule has 0 saturated carbocycles. The van der Waals surface area contributed by atoms with Crippen LogP contribution in [0.2, 0.25) is 0 Å². The van der Waals surface area contributed by atoms with Crippen molar-refractivity contribution in [3.8, 4) is 0 Å². The summed E-state index contributed by atoms with van der Waals surface area (Å²) in [5.41, 5.74) is 0.928. The molecule has 0 unspecified atom stereocenters. The van der Waals surface area contributed by atoms with Gasteiger partial charge in [0.2, 0.25) is 5.91 Å². The van der Waals surface area contributed by atoms with E-state index in [1.54, 1.807) is 0 Å². The Labute approximate surface area is 131 Å². The SMILES string of the molecule is CCCNC(=O)CN=C(NCC)NCc1cc(C(C)C)no1. The number of hydrogen-bond acceptors (Lipinski definition) is 4. The maximum absolute atomic E-state index is 11.6. The molecule has 0 fully saturated rings. The van der Waals surface area contributed by atoms with Crippen molar-refractivity contribution in [3.05, 3.63) is 17.5 Å². The van der Waals surface area contributed by atoms with Gasteiger partial charge in [-0.15, -0.1) is 0 Å². The molecule has 0 aliphatic heterocycles. The summed E-state index contributed by atoms with van der Waals surface area (Å²) in [6.07, 6.45) is 0.914.